The third-order valence-electron chi connectivity index (χ3n) is 0.968. The van der Waals surface area contributed by atoms with Crippen LogP contribution in [-0.4, -0.2) is 40.3 Å². The van der Waals surface area contributed by atoms with Crippen LogP contribution in [0, 0.1) is 5.41 Å². The lowest BCUT2D eigenvalue weighted by atomic mass is 10.5. The second-order valence-electron chi connectivity index (χ2n) is 1.71. The van der Waals surface area contributed by atoms with Crippen molar-refractivity contribution in [3.8, 4) is 0 Å². The number of aliphatic hydroxyl groups excluding tert-OH is 1. The molecule has 0 aromatic heterocycles. The molecule has 1 atom stereocenters. The van der Waals surface area contributed by atoms with Crippen LogP contribution in [-0.2, 0) is 4.79 Å². The quantitative estimate of drug-likeness (QED) is 0.269. The third kappa shape index (κ3) is 3.79. The van der Waals surface area contributed by atoms with Gasteiger partial charge in [-0.15, -0.1) is 17.0 Å². The van der Waals surface area contributed by atoms with Crippen molar-refractivity contribution in [1.29, 1.82) is 5.41 Å². The molecule has 0 aliphatic heterocycles. The average molecular weight is 228 g/mol. The largest absolute Gasteiger partial charge is 0.478 e. The van der Waals surface area contributed by atoms with E-state index in [1.807, 2.05) is 0 Å². The number of aliphatic hydroxyl groups is 1. The second kappa shape index (κ2) is 4.91. The van der Waals surface area contributed by atoms with E-state index < -0.39 is 18.2 Å². The van der Waals surface area contributed by atoms with Crippen LogP contribution in [0.3, 0.4) is 0 Å². The van der Waals surface area contributed by atoms with Gasteiger partial charge < -0.3 is 20.8 Å². The number of rotatable bonds is 2. The molecule has 0 fully saturated rings. The molecule has 0 aliphatic rings. The molecule has 0 radical (unpaired) electrons. The summed E-state index contributed by atoms with van der Waals surface area (Å²) in [6.45, 7) is 0. The van der Waals surface area contributed by atoms with Crippen LogP contribution in [0.4, 0.5) is 0 Å². The zero-order chi connectivity index (χ0) is 8.31. The highest BCUT2D eigenvalue weighted by Crippen LogP contribution is 1.89. The van der Waals surface area contributed by atoms with E-state index in [-0.39, 0.29) is 17.0 Å². The number of aliphatic carboxylic acids is 1. The first-order chi connectivity index (χ1) is 4.46. The molecule has 0 aromatic carbocycles. The number of nitrogens with one attached hydrogen (secondary N) is 1. The highest BCUT2D eigenvalue weighted by molar-refractivity contribution is 8.93. The SMILES string of the molecule is Br.CN(C(=N)N)C(O)C(=O)O. The summed E-state index contributed by atoms with van der Waals surface area (Å²) in [6, 6.07) is 0. The van der Waals surface area contributed by atoms with Crippen molar-refractivity contribution in [3.63, 3.8) is 0 Å². The standard InChI is InChI=1S/C4H9N3O3.BrH/c1-7(4(5)6)2(8)3(9)10;/h2,8H,1H3,(H3,5,6)(H,9,10);1H. The normalized spacial score (nSPS) is 11.1. The van der Waals surface area contributed by atoms with E-state index in [1.165, 1.54) is 7.05 Å². The van der Waals surface area contributed by atoms with Gasteiger partial charge in [-0.3, -0.25) is 5.41 Å². The molecule has 0 aliphatic carbocycles. The van der Waals surface area contributed by atoms with Gasteiger partial charge in [0.2, 0.25) is 6.23 Å². The molecule has 0 bridgehead atoms. The van der Waals surface area contributed by atoms with Crippen LogP contribution < -0.4 is 5.73 Å². The number of hydrogen-bond donors (Lipinski definition) is 4. The van der Waals surface area contributed by atoms with Crippen LogP contribution in [0.2, 0.25) is 0 Å². The summed E-state index contributed by atoms with van der Waals surface area (Å²) >= 11 is 0. The van der Waals surface area contributed by atoms with Crippen molar-refractivity contribution in [2.24, 2.45) is 5.73 Å². The smallest absolute Gasteiger partial charge is 0.354 e. The van der Waals surface area contributed by atoms with Crippen molar-refractivity contribution < 1.29 is 15.0 Å². The van der Waals surface area contributed by atoms with Gasteiger partial charge in [-0.05, 0) is 0 Å². The Labute approximate surface area is 73.9 Å². The number of likely N-dealkylation sites (N-methyl/N-ethyl adjacent to an activating group) is 1. The van der Waals surface area contributed by atoms with Crippen LogP contribution in [0.5, 0.6) is 0 Å². The van der Waals surface area contributed by atoms with Crippen LogP contribution in [0.1, 0.15) is 0 Å². The van der Waals surface area contributed by atoms with Crippen molar-refractivity contribution >= 4 is 28.9 Å². The number of nitrogens with zero attached hydrogens (tertiary/aromatic N) is 1. The first-order valence-corrected chi connectivity index (χ1v) is 2.44. The molecule has 6 nitrogen and oxygen atoms in total. The molecule has 66 valence electrons. The highest BCUT2D eigenvalue weighted by atomic mass is 79.9. The topological polar surface area (TPSA) is 111 Å². The minimum absolute atomic E-state index is 0. The van der Waals surface area contributed by atoms with Gasteiger partial charge >= 0.3 is 5.97 Å². The zero-order valence-electron chi connectivity index (χ0n) is 5.81. The molecule has 0 spiro atoms. The lowest BCUT2D eigenvalue weighted by Gasteiger charge is -2.19. The lowest BCUT2D eigenvalue weighted by molar-refractivity contribution is -0.152. The number of halogens is 1. The third-order valence-corrected chi connectivity index (χ3v) is 0.968. The summed E-state index contributed by atoms with van der Waals surface area (Å²) in [4.78, 5) is 10.7. The second-order valence-corrected chi connectivity index (χ2v) is 1.71. The molecule has 5 N–H and O–H groups in total. The first kappa shape index (κ1) is 12.8. The van der Waals surface area contributed by atoms with E-state index in [4.69, 9.17) is 21.4 Å². The van der Waals surface area contributed by atoms with Gasteiger partial charge in [-0.25, -0.2) is 4.79 Å². The highest BCUT2D eigenvalue weighted by Gasteiger charge is 2.19. The molecule has 0 heterocycles. The van der Waals surface area contributed by atoms with E-state index in [0.717, 1.165) is 4.90 Å². The predicted octanol–water partition coefficient (Wildman–Crippen LogP) is -1.21. The van der Waals surface area contributed by atoms with E-state index in [1.54, 1.807) is 0 Å². The van der Waals surface area contributed by atoms with Gasteiger partial charge in [-0.2, -0.15) is 0 Å². The number of carbonyl (C=O) groups is 1. The summed E-state index contributed by atoms with van der Waals surface area (Å²) < 4.78 is 0. The van der Waals surface area contributed by atoms with Crippen LogP contribution in [0.15, 0.2) is 0 Å². The fourth-order valence-electron chi connectivity index (χ4n) is 0.297. The van der Waals surface area contributed by atoms with Gasteiger partial charge in [0, 0.05) is 7.05 Å². The zero-order valence-corrected chi connectivity index (χ0v) is 7.53. The average Bonchev–Trinajstić information content (AvgIpc) is 1.84. The Kier molecular flexibility index (Phi) is 5.73. The molecule has 1 unspecified atom stereocenters. The molecular weight excluding hydrogens is 218 g/mol. The summed E-state index contributed by atoms with van der Waals surface area (Å²) in [5.74, 6) is -1.92. The van der Waals surface area contributed by atoms with Gasteiger partial charge in [0.15, 0.2) is 5.96 Å². The molecule has 0 amide bonds. The number of guanidine groups is 1. The van der Waals surface area contributed by atoms with Crippen LogP contribution >= 0.6 is 17.0 Å². The lowest BCUT2D eigenvalue weighted by Crippen LogP contribution is -2.45. The van der Waals surface area contributed by atoms with Gasteiger partial charge in [0.05, 0.1) is 0 Å². The van der Waals surface area contributed by atoms with E-state index >= 15 is 0 Å². The fourth-order valence-corrected chi connectivity index (χ4v) is 0.297. The maximum absolute atomic E-state index is 10.0. The van der Waals surface area contributed by atoms with Gasteiger partial charge in [-0.1, -0.05) is 0 Å². The summed E-state index contributed by atoms with van der Waals surface area (Å²) in [5.41, 5.74) is 4.86. The van der Waals surface area contributed by atoms with Gasteiger partial charge in [0.25, 0.3) is 0 Å². The van der Waals surface area contributed by atoms with Crippen molar-refractivity contribution in [1.82, 2.24) is 4.90 Å². The Balaban J connectivity index is 0. The summed E-state index contributed by atoms with van der Waals surface area (Å²) in [7, 11) is 1.21. The maximum Gasteiger partial charge on any atom is 0.354 e. The van der Waals surface area contributed by atoms with Crippen molar-refractivity contribution in [2.75, 3.05) is 7.05 Å². The number of nitrogens with two attached hydrogens (primary N) is 1. The monoisotopic (exact) mass is 227 g/mol. The minimum atomic E-state index is -1.74. The maximum atomic E-state index is 10.0. The number of hydrogen-bond acceptors (Lipinski definition) is 3. The molecule has 7 heteroatoms. The summed E-state index contributed by atoms with van der Waals surface area (Å²) in [6.07, 6.45) is -1.74. The van der Waals surface area contributed by atoms with Crippen molar-refractivity contribution in [2.45, 2.75) is 6.23 Å². The Morgan fingerprint density at radius 1 is 1.73 bits per heavy atom. The Morgan fingerprint density at radius 2 is 2.09 bits per heavy atom. The molecule has 0 rings (SSSR count). The molecule has 0 aromatic rings. The number of carboxylic acid groups (broad SMARTS) is 1. The van der Waals surface area contributed by atoms with E-state index in [2.05, 4.69) is 0 Å². The minimum Gasteiger partial charge on any atom is -0.478 e. The molecule has 0 saturated carbocycles. The van der Waals surface area contributed by atoms with E-state index in [9.17, 15) is 4.79 Å². The Morgan fingerprint density at radius 3 is 2.18 bits per heavy atom. The molecule has 11 heavy (non-hydrogen) atoms. The molecule has 0 saturated heterocycles. The predicted molar refractivity (Wildman–Crippen MR) is 43.6 cm³/mol. The van der Waals surface area contributed by atoms with Crippen LogP contribution in [0.25, 0.3) is 0 Å². The fraction of sp³-hybridized carbons (Fsp3) is 0.500. The summed E-state index contributed by atoms with van der Waals surface area (Å²) in [5, 5.41) is 23.5. The molecular formula is C4H10BrN3O3. The first-order valence-electron chi connectivity index (χ1n) is 2.44. The Hall–Kier alpha value is -0.820. The van der Waals surface area contributed by atoms with Gasteiger partial charge in [0.1, 0.15) is 0 Å². The number of carboxylic acids is 1. The van der Waals surface area contributed by atoms with Crippen molar-refractivity contribution in [3.05, 3.63) is 0 Å². The van der Waals surface area contributed by atoms with E-state index in [0.29, 0.717) is 0 Å². The Bertz CT molecular complexity index is 145.